The molecule has 160 valence electrons. The average molecular weight is 429 g/mol. The molecule has 1 amide bonds. The van der Waals surface area contributed by atoms with Gasteiger partial charge in [-0.1, -0.05) is 11.2 Å². The van der Waals surface area contributed by atoms with Crippen LogP contribution in [0, 0.1) is 6.92 Å². The quantitative estimate of drug-likeness (QED) is 0.433. The van der Waals surface area contributed by atoms with Gasteiger partial charge in [-0.25, -0.2) is 0 Å². The zero-order valence-electron chi connectivity index (χ0n) is 16.4. The van der Waals surface area contributed by atoms with Gasteiger partial charge in [0.15, 0.2) is 0 Å². The minimum Gasteiger partial charge on any atom is -0.493 e. The summed E-state index contributed by atoms with van der Waals surface area (Å²) >= 11 is 0. The van der Waals surface area contributed by atoms with E-state index < -0.39 is 11.7 Å². The van der Waals surface area contributed by atoms with Crippen LogP contribution in [0.2, 0.25) is 0 Å². The highest BCUT2D eigenvalue weighted by Crippen LogP contribution is 2.30. The summed E-state index contributed by atoms with van der Waals surface area (Å²) in [5.74, 6) is 0.474. The molecule has 0 fully saturated rings. The van der Waals surface area contributed by atoms with Crippen molar-refractivity contribution < 1.29 is 27.2 Å². The molecule has 9 heteroatoms. The zero-order chi connectivity index (χ0) is 22.0. The molecule has 6 nitrogen and oxygen atoms in total. The maximum atomic E-state index is 12.6. The van der Waals surface area contributed by atoms with E-state index in [0.717, 1.165) is 28.6 Å². The average Bonchev–Trinajstić information content (AvgIpc) is 3.34. The summed E-state index contributed by atoms with van der Waals surface area (Å²) in [5, 5.41) is 7.28. The predicted molar refractivity (Wildman–Crippen MR) is 108 cm³/mol. The lowest BCUT2D eigenvalue weighted by Crippen LogP contribution is -2.11. The van der Waals surface area contributed by atoms with Crippen LogP contribution in [0.4, 0.5) is 18.9 Å². The minimum atomic E-state index is -4.37. The van der Waals surface area contributed by atoms with Gasteiger partial charge in [0, 0.05) is 23.5 Å². The van der Waals surface area contributed by atoms with Gasteiger partial charge in [-0.2, -0.15) is 13.2 Å². The fourth-order valence-corrected chi connectivity index (χ4v) is 3.16. The maximum Gasteiger partial charge on any atom is 0.416 e. The van der Waals surface area contributed by atoms with Gasteiger partial charge in [0.1, 0.15) is 17.1 Å². The van der Waals surface area contributed by atoms with Crippen LogP contribution in [0.25, 0.3) is 10.9 Å². The maximum absolute atomic E-state index is 12.6. The van der Waals surface area contributed by atoms with E-state index in [9.17, 15) is 18.0 Å². The number of fused-ring (bicyclic) bond motifs is 1. The Bertz CT molecular complexity index is 1210. The molecule has 0 bridgehead atoms. The highest BCUT2D eigenvalue weighted by atomic mass is 19.4. The molecule has 0 saturated carbocycles. The number of carbonyl (C=O) groups is 1. The third-order valence-electron chi connectivity index (χ3n) is 4.83. The number of nitrogens with zero attached hydrogens (tertiary/aromatic N) is 1. The number of ether oxygens (including phenoxy) is 1. The lowest BCUT2D eigenvalue weighted by atomic mass is 10.1. The van der Waals surface area contributed by atoms with E-state index in [1.54, 1.807) is 13.1 Å². The number of halogens is 3. The molecule has 0 spiro atoms. The molecule has 4 aromatic rings. The molecule has 0 aliphatic carbocycles. The Morgan fingerprint density at radius 3 is 2.65 bits per heavy atom. The van der Waals surface area contributed by atoms with Crippen molar-refractivity contribution in [2.24, 2.45) is 0 Å². The van der Waals surface area contributed by atoms with Gasteiger partial charge in [-0.3, -0.25) is 4.79 Å². The number of alkyl halides is 3. The number of carbonyl (C=O) groups excluding carboxylic acids is 1. The van der Waals surface area contributed by atoms with Crippen LogP contribution in [-0.4, -0.2) is 22.7 Å². The van der Waals surface area contributed by atoms with E-state index in [1.165, 1.54) is 18.3 Å². The van der Waals surface area contributed by atoms with E-state index in [0.29, 0.717) is 35.8 Å². The van der Waals surface area contributed by atoms with Gasteiger partial charge >= 0.3 is 6.18 Å². The smallest absolute Gasteiger partial charge is 0.416 e. The highest BCUT2D eigenvalue weighted by Gasteiger charge is 2.30. The fourth-order valence-electron chi connectivity index (χ4n) is 3.16. The van der Waals surface area contributed by atoms with Crippen LogP contribution in [0.3, 0.4) is 0 Å². The standard InChI is InChI=1S/C22H18F3N3O3/c1-13-18(11-27-31-13)21(29)28-20-12-26-19-7-2-14(10-17(19)20)8-9-30-16-5-3-15(4-6-16)22(23,24)25/h2-7,10-12,26H,8-9H2,1H3,(H,28,29). The molecule has 2 heterocycles. The first-order valence-electron chi connectivity index (χ1n) is 9.44. The molecule has 31 heavy (non-hydrogen) atoms. The fraction of sp³-hybridized carbons (Fsp3) is 0.182. The van der Waals surface area contributed by atoms with Crippen molar-refractivity contribution in [3.05, 3.63) is 77.3 Å². The monoisotopic (exact) mass is 429 g/mol. The van der Waals surface area contributed by atoms with Crippen LogP contribution in [-0.2, 0) is 12.6 Å². The molecule has 0 aliphatic rings. The van der Waals surface area contributed by atoms with Crippen LogP contribution < -0.4 is 10.1 Å². The van der Waals surface area contributed by atoms with Gasteiger partial charge in [0.2, 0.25) is 0 Å². The molecule has 0 radical (unpaired) electrons. The van der Waals surface area contributed by atoms with E-state index in [2.05, 4.69) is 15.5 Å². The SMILES string of the molecule is Cc1oncc1C(=O)Nc1c[nH]c2ccc(CCOc3ccc(C(F)(F)F)cc3)cc12. The number of aromatic nitrogens is 2. The van der Waals surface area contributed by atoms with E-state index >= 15 is 0 Å². The van der Waals surface area contributed by atoms with Gasteiger partial charge < -0.3 is 19.6 Å². The van der Waals surface area contributed by atoms with Gasteiger partial charge in [-0.15, -0.1) is 0 Å². The zero-order valence-corrected chi connectivity index (χ0v) is 16.4. The number of hydrogen-bond acceptors (Lipinski definition) is 4. The van der Waals surface area contributed by atoms with Crippen LogP contribution in [0.1, 0.15) is 27.2 Å². The second-order valence-electron chi connectivity index (χ2n) is 6.95. The minimum absolute atomic E-state index is 0.295. The Balaban J connectivity index is 1.41. The van der Waals surface area contributed by atoms with E-state index in [-0.39, 0.29) is 5.91 Å². The topological polar surface area (TPSA) is 80.2 Å². The molecule has 2 N–H and O–H groups in total. The van der Waals surface area contributed by atoms with Gasteiger partial charge in [-0.05, 0) is 48.9 Å². The molecular weight excluding hydrogens is 411 g/mol. The van der Waals surface area contributed by atoms with Crippen molar-refractivity contribution in [1.82, 2.24) is 10.1 Å². The summed E-state index contributed by atoms with van der Waals surface area (Å²) in [6.07, 6.45) is -0.762. The van der Waals surface area contributed by atoms with Crippen molar-refractivity contribution in [1.29, 1.82) is 0 Å². The third-order valence-corrected chi connectivity index (χ3v) is 4.83. The summed E-state index contributed by atoms with van der Waals surface area (Å²) in [6, 6.07) is 10.3. The lowest BCUT2D eigenvalue weighted by molar-refractivity contribution is -0.137. The molecule has 0 aliphatic heterocycles. The van der Waals surface area contributed by atoms with Crippen LogP contribution in [0.15, 0.2) is 59.4 Å². The number of benzene rings is 2. The molecule has 0 saturated heterocycles. The Morgan fingerprint density at radius 1 is 1.19 bits per heavy atom. The Labute approximate surface area is 175 Å². The predicted octanol–water partition coefficient (Wildman–Crippen LogP) is 5.36. The van der Waals surface area contributed by atoms with Gasteiger partial charge in [0.25, 0.3) is 5.91 Å². The summed E-state index contributed by atoms with van der Waals surface area (Å²) in [5.41, 5.74) is 2.07. The van der Waals surface area contributed by atoms with Crippen LogP contribution in [0.5, 0.6) is 5.75 Å². The lowest BCUT2D eigenvalue weighted by Gasteiger charge is -2.09. The molecule has 0 unspecified atom stereocenters. The van der Waals surface area contributed by atoms with Crippen molar-refractivity contribution >= 4 is 22.5 Å². The molecular formula is C22H18F3N3O3. The van der Waals surface area contributed by atoms with E-state index in [4.69, 9.17) is 9.26 Å². The number of rotatable bonds is 6. The second-order valence-corrected chi connectivity index (χ2v) is 6.95. The van der Waals surface area contributed by atoms with Crippen molar-refractivity contribution in [3.8, 4) is 5.75 Å². The first-order valence-corrected chi connectivity index (χ1v) is 9.44. The third kappa shape index (κ3) is 4.55. The highest BCUT2D eigenvalue weighted by molar-refractivity contribution is 6.09. The normalized spacial score (nSPS) is 11.6. The number of hydrogen-bond donors (Lipinski definition) is 2. The molecule has 4 rings (SSSR count). The number of nitrogens with one attached hydrogen (secondary N) is 2. The van der Waals surface area contributed by atoms with Crippen molar-refractivity contribution in [2.45, 2.75) is 19.5 Å². The summed E-state index contributed by atoms with van der Waals surface area (Å²) in [6.45, 7) is 1.95. The number of amides is 1. The summed E-state index contributed by atoms with van der Waals surface area (Å²) < 4.78 is 48.4. The van der Waals surface area contributed by atoms with E-state index in [1.807, 2.05) is 18.2 Å². The molecule has 0 atom stereocenters. The van der Waals surface area contributed by atoms with Crippen molar-refractivity contribution in [3.63, 3.8) is 0 Å². The largest absolute Gasteiger partial charge is 0.493 e. The molecule has 2 aromatic carbocycles. The Hall–Kier alpha value is -3.75. The first kappa shape index (κ1) is 20.5. The van der Waals surface area contributed by atoms with Crippen molar-refractivity contribution in [2.75, 3.05) is 11.9 Å². The Morgan fingerprint density at radius 2 is 1.97 bits per heavy atom. The Kier molecular flexibility index (Phi) is 5.41. The number of aromatic amines is 1. The summed E-state index contributed by atoms with van der Waals surface area (Å²) in [7, 11) is 0. The number of anilines is 1. The van der Waals surface area contributed by atoms with Gasteiger partial charge in [0.05, 0.1) is 24.1 Å². The number of H-pyrrole nitrogens is 1. The molecule has 2 aromatic heterocycles. The summed E-state index contributed by atoms with van der Waals surface area (Å²) in [4.78, 5) is 15.5. The van der Waals surface area contributed by atoms with Crippen LogP contribution >= 0.6 is 0 Å². The number of aryl methyl sites for hydroxylation is 1. The first-order chi connectivity index (χ1) is 14.8. The second kappa shape index (κ2) is 8.17.